The number of anilines is 1. The van der Waals surface area contributed by atoms with Crippen molar-refractivity contribution in [2.45, 2.75) is 45.1 Å². The minimum atomic E-state index is -0.973. The van der Waals surface area contributed by atoms with E-state index in [-0.39, 0.29) is 11.8 Å². The minimum absolute atomic E-state index is 0.127. The standard InChI is InChI=1S/C23H26N2O4/c1-16-6-4-7-17(14-16)11-12-21(26)24-19-9-5-8-18(15-19)22(27)25-13-3-2-10-20(25)23(28)29/h4-9,14-15,20H,2-3,10-13H2,1H3,(H,24,26)(H,28,29). The van der Waals surface area contributed by atoms with Gasteiger partial charge in [-0.15, -0.1) is 0 Å². The number of carboxylic acid groups (broad SMARTS) is 1. The number of amides is 2. The second kappa shape index (κ2) is 9.37. The average Bonchev–Trinajstić information content (AvgIpc) is 2.72. The molecule has 0 spiro atoms. The quantitative estimate of drug-likeness (QED) is 0.783. The van der Waals surface area contributed by atoms with E-state index in [9.17, 15) is 19.5 Å². The first-order valence-electron chi connectivity index (χ1n) is 9.93. The van der Waals surface area contributed by atoms with Crippen molar-refractivity contribution in [3.8, 4) is 0 Å². The van der Waals surface area contributed by atoms with E-state index >= 15 is 0 Å². The number of nitrogens with one attached hydrogen (secondary N) is 1. The van der Waals surface area contributed by atoms with Gasteiger partial charge in [-0.25, -0.2) is 4.79 Å². The molecule has 1 unspecified atom stereocenters. The summed E-state index contributed by atoms with van der Waals surface area (Å²) in [5.74, 6) is -1.41. The van der Waals surface area contributed by atoms with Crippen LogP contribution in [0.4, 0.5) is 5.69 Å². The van der Waals surface area contributed by atoms with E-state index in [1.54, 1.807) is 24.3 Å². The smallest absolute Gasteiger partial charge is 0.326 e. The molecule has 29 heavy (non-hydrogen) atoms. The normalized spacial score (nSPS) is 16.3. The maximum absolute atomic E-state index is 12.8. The van der Waals surface area contributed by atoms with E-state index in [2.05, 4.69) is 11.4 Å². The van der Waals surface area contributed by atoms with Crippen LogP contribution in [0.5, 0.6) is 0 Å². The van der Waals surface area contributed by atoms with Crippen LogP contribution < -0.4 is 5.32 Å². The number of carboxylic acids is 1. The molecule has 6 heteroatoms. The van der Waals surface area contributed by atoms with Crippen LogP contribution in [-0.4, -0.2) is 40.4 Å². The molecule has 1 aliphatic rings. The molecule has 2 amide bonds. The first-order valence-corrected chi connectivity index (χ1v) is 9.93. The third-order valence-corrected chi connectivity index (χ3v) is 5.17. The molecule has 3 rings (SSSR count). The molecule has 2 aromatic rings. The Morgan fingerprint density at radius 1 is 1.10 bits per heavy atom. The van der Waals surface area contributed by atoms with E-state index in [4.69, 9.17) is 0 Å². The van der Waals surface area contributed by atoms with Gasteiger partial charge < -0.3 is 15.3 Å². The average molecular weight is 394 g/mol. The van der Waals surface area contributed by atoms with Crippen LogP contribution in [0.2, 0.25) is 0 Å². The number of likely N-dealkylation sites (tertiary alicyclic amines) is 1. The topological polar surface area (TPSA) is 86.7 Å². The number of hydrogen-bond donors (Lipinski definition) is 2. The third-order valence-electron chi connectivity index (χ3n) is 5.17. The number of nitrogens with zero attached hydrogens (tertiary/aromatic N) is 1. The van der Waals surface area contributed by atoms with Gasteiger partial charge in [-0.3, -0.25) is 9.59 Å². The number of piperidine rings is 1. The van der Waals surface area contributed by atoms with Crippen molar-refractivity contribution < 1.29 is 19.5 Å². The van der Waals surface area contributed by atoms with E-state index in [1.165, 1.54) is 4.90 Å². The molecule has 1 fully saturated rings. The molecule has 2 N–H and O–H groups in total. The number of hydrogen-bond acceptors (Lipinski definition) is 3. The van der Waals surface area contributed by atoms with Crippen LogP contribution in [0.3, 0.4) is 0 Å². The van der Waals surface area contributed by atoms with Gasteiger partial charge in [-0.05, 0) is 56.4 Å². The molecule has 1 aliphatic heterocycles. The van der Waals surface area contributed by atoms with Crippen LogP contribution in [0.1, 0.15) is 47.2 Å². The van der Waals surface area contributed by atoms with Crippen molar-refractivity contribution in [3.05, 3.63) is 65.2 Å². The molecule has 2 aromatic carbocycles. The summed E-state index contributed by atoms with van der Waals surface area (Å²) in [5.41, 5.74) is 3.18. The molecule has 152 valence electrons. The van der Waals surface area contributed by atoms with Crippen LogP contribution in [0.15, 0.2) is 48.5 Å². The van der Waals surface area contributed by atoms with Gasteiger partial charge in [0.15, 0.2) is 0 Å². The van der Waals surface area contributed by atoms with Crippen LogP contribution in [-0.2, 0) is 16.0 Å². The highest BCUT2D eigenvalue weighted by Gasteiger charge is 2.32. The maximum atomic E-state index is 12.8. The Morgan fingerprint density at radius 2 is 1.90 bits per heavy atom. The van der Waals surface area contributed by atoms with Gasteiger partial charge in [0.05, 0.1) is 0 Å². The maximum Gasteiger partial charge on any atom is 0.326 e. The highest BCUT2D eigenvalue weighted by Crippen LogP contribution is 2.21. The zero-order chi connectivity index (χ0) is 20.8. The number of carbonyl (C=O) groups excluding carboxylic acids is 2. The fourth-order valence-electron chi connectivity index (χ4n) is 3.68. The van der Waals surface area contributed by atoms with Gasteiger partial charge in [-0.1, -0.05) is 35.9 Å². The Kier molecular flexibility index (Phi) is 6.65. The molecule has 1 atom stereocenters. The van der Waals surface area contributed by atoms with E-state index in [1.807, 2.05) is 25.1 Å². The molecule has 6 nitrogen and oxygen atoms in total. The SMILES string of the molecule is Cc1cccc(CCC(=O)Nc2cccc(C(=O)N3CCCCC3C(=O)O)c2)c1. The zero-order valence-electron chi connectivity index (χ0n) is 16.6. The van der Waals surface area contributed by atoms with Crippen LogP contribution in [0.25, 0.3) is 0 Å². The molecule has 0 aliphatic carbocycles. The molecule has 0 saturated carbocycles. The lowest BCUT2D eigenvalue weighted by atomic mass is 10.0. The Hall–Kier alpha value is -3.15. The predicted molar refractivity (Wildman–Crippen MR) is 111 cm³/mol. The summed E-state index contributed by atoms with van der Waals surface area (Å²) >= 11 is 0. The number of aliphatic carboxylic acids is 1. The van der Waals surface area contributed by atoms with Gasteiger partial charge >= 0.3 is 5.97 Å². The van der Waals surface area contributed by atoms with Crippen molar-refractivity contribution in [2.24, 2.45) is 0 Å². The molecule has 1 heterocycles. The van der Waals surface area contributed by atoms with Crippen LogP contribution in [0, 0.1) is 6.92 Å². The Balaban J connectivity index is 1.63. The van der Waals surface area contributed by atoms with Crippen molar-refractivity contribution in [3.63, 3.8) is 0 Å². The Morgan fingerprint density at radius 3 is 2.66 bits per heavy atom. The largest absolute Gasteiger partial charge is 0.480 e. The van der Waals surface area contributed by atoms with E-state index in [0.29, 0.717) is 37.1 Å². The van der Waals surface area contributed by atoms with Crippen LogP contribution >= 0.6 is 0 Å². The highest BCUT2D eigenvalue weighted by atomic mass is 16.4. The van der Waals surface area contributed by atoms with Gasteiger partial charge in [0.1, 0.15) is 6.04 Å². The van der Waals surface area contributed by atoms with Crippen molar-refractivity contribution >= 4 is 23.5 Å². The monoisotopic (exact) mass is 394 g/mol. The lowest BCUT2D eigenvalue weighted by Crippen LogP contribution is -2.48. The zero-order valence-corrected chi connectivity index (χ0v) is 16.6. The lowest BCUT2D eigenvalue weighted by molar-refractivity contribution is -0.143. The summed E-state index contributed by atoms with van der Waals surface area (Å²) in [4.78, 5) is 38.0. The summed E-state index contributed by atoms with van der Waals surface area (Å²) in [6.07, 6.45) is 3.05. The first-order chi connectivity index (χ1) is 13.9. The lowest BCUT2D eigenvalue weighted by Gasteiger charge is -2.33. The summed E-state index contributed by atoms with van der Waals surface area (Å²) in [5, 5.41) is 12.2. The molecular formula is C23H26N2O4. The minimum Gasteiger partial charge on any atom is -0.480 e. The molecule has 0 aromatic heterocycles. The molecule has 0 bridgehead atoms. The number of carbonyl (C=O) groups is 3. The Bertz CT molecular complexity index is 909. The Labute approximate surface area is 170 Å². The summed E-state index contributed by atoms with van der Waals surface area (Å²) in [6.45, 7) is 2.45. The van der Waals surface area contributed by atoms with Gasteiger partial charge in [-0.2, -0.15) is 0 Å². The number of benzene rings is 2. The van der Waals surface area contributed by atoms with Crippen molar-refractivity contribution in [2.75, 3.05) is 11.9 Å². The van der Waals surface area contributed by atoms with Gasteiger partial charge in [0.2, 0.25) is 5.91 Å². The van der Waals surface area contributed by atoms with Crippen molar-refractivity contribution in [1.82, 2.24) is 4.90 Å². The van der Waals surface area contributed by atoms with E-state index in [0.717, 1.165) is 24.0 Å². The number of rotatable bonds is 6. The predicted octanol–water partition coefficient (Wildman–Crippen LogP) is 3.65. The molecule has 1 saturated heterocycles. The molecule has 0 radical (unpaired) electrons. The summed E-state index contributed by atoms with van der Waals surface area (Å²) in [7, 11) is 0. The highest BCUT2D eigenvalue weighted by molar-refractivity contribution is 5.99. The number of aryl methyl sites for hydroxylation is 2. The van der Waals surface area contributed by atoms with E-state index < -0.39 is 12.0 Å². The summed E-state index contributed by atoms with van der Waals surface area (Å²) in [6, 6.07) is 13.9. The summed E-state index contributed by atoms with van der Waals surface area (Å²) < 4.78 is 0. The van der Waals surface area contributed by atoms with Crippen molar-refractivity contribution in [1.29, 1.82) is 0 Å². The fourth-order valence-corrected chi connectivity index (χ4v) is 3.68. The molecular weight excluding hydrogens is 368 g/mol. The second-order valence-electron chi connectivity index (χ2n) is 7.47. The van der Waals surface area contributed by atoms with Gasteiger partial charge in [0, 0.05) is 24.2 Å². The third kappa shape index (κ3) is 5.44. The second-order valence-corrected chi connectivity index (χ2v) is 7.47. The van der Waals surface area contributed by atoms with Gasteiger partial charge in [0.25, 0.3) is 5.91 Å². The fraction of sp³-hybridized carbons (Fsp3) is 0.348. The first kappa shape index (κ1) is 20.6.